The van der Waals surface area contributed by atoms with Crippen molar-refractivity contribution < 1.29 is 19.1 Å². The van der Waals surface area contributed by atoms with Crippen LogP contribution >= 0.6 is 0 Å². The predicted molar refractivity (Wildman–Crippen MR) is 103 cm³/mol. The molecular weight excluding hydrogens is 328 g/mol. The third-order valence-corrected chi connectivity index (χ3v) is 3.66. The van der Waals surface area contributed by atoms with Gasteiger partial charge in [-0.1, -0.05) is 42.5 Å². The topological polar surface area (TPSA) is 52.6 Å². The number of ether oxygens (including phenoxy) is 2. The SMILES string of the molecule is CC(C)(C)OC(=O)C[C@H](C(=O)OC(C)(C)C)c1ccc2ccccc2c1. The number of rotatable bonds is 4. The van der Waals surface area contributed by atoms with Gasteiger partial charge in [-0.3, -0.25) is 9.59 Å². The second-order valence-corrected chi connectivity index (χ2v) is 8.48. The van der Waals surface area contributed by atoms with Crippen molar-refractivity contribution in [3.8, 4) is 0 Å². The highest BCUT2D eigenvalue weighted by atomic mass is 16.6. The summed E-state index contributed by atoms with van der Waals surface area (Å²) >= 11 is 0. The van der Waals surface area contributed by atoms with Gasteiger partial charge in [0.05, 0.1) is 12.3 Å². The Balaban J connectivity index is 2.34. The van der Waals surface area contributed by atoms with E-state index < -0.39 is 29.1 Å². The van der Waals surface area contributed by atoms with Crippen molar-refractivity contribution in [1.82, 2.24) is 0 Å². The van der Waals surface area contributed by atoms with Crippen molar-refractivity contribution in [3.63, 3.8) is 0 Å². The molecule has 140 valence electrons. The summed E-state index contributed by atoms with van der Waals surface area (Å²) in [7, 11) is 0. The first-order valence-corrected chi connectivity index (χ1v) is 8.88. The largest absolute Gasteiger partial charge is 0.460 e. The van der Waals surface area contributed by atoms with E-state index in [9.17, 15) is 9.59 Å². The lowest BCUT2D eigenvalue weighted by atomic mass is 9.93. The number of hydrogen-bond donors (Lipinski definition) is 0. The molecule has 0 unspecified atom stereocenters. The Morgan fingerprint density at radius 2 is 1.42 bits per heavy atom. The lowest BCUT2D eigenvalue weighted by Gasteiger charge is -2.25. The highest BCUT2D eigenvalue weighted by molar-refractivity contribution is 5.88. The minimum Gasteiger partial charge on any atom is -0.460 e. The second kappa shape index (κ2) is 7.48. The third-order valence-electron chi connectivity index (χ3n) is 3.66. The highest BCUT2D eigenvalue weighted by Crippen LogP contribution is 2.28. The summed E-state index contributed by atoms with van der Waals surface area (Å²) in [4.78, 5) is 25.1. The third kappa shape index (κ3) is 5.87. The van der Waals surface area contributed by atoms with Crippen molar-refractivity contribution >= 4 is 22.7 Å². The molecule has 2 aromatic carbocycles. The Hall–Kier alpha value is -2.36. The van der Waals surface area contributed by atoms with E-state index in [4.69, 9.17) is 9.47 Å². The minimum absolute atomic E-state index is 0.0511. The number of hydrogen-bond acceptors (Lipinski definition) is 4. The predicted octanol–water partition coefficient (Wildman–Crippen LogP) is 5.00. The Labute approximate surface area is 155 Å². The van der Waals surface area contributed by atoms with Crippen LogP contribution in [-0.4, -0.2) is 23.1 Å². The lowest BCUT2D eigenvalue weighted by molar-refractivity contribution is -0.164. The van der Waals surface area contributed by atoms with Crippen LogP contribution in [0.3, 0.4) is 0 Å². The first-order valence-electron chi connectivity index (χ1n) is 8.88. The van der Waals surface area contributed by atoms with E-state index in [1.54, 1.807) is 0 Å². The van der Waals surface area contributed by atoms with Crippen molar-refractivity contribution in [2.24, 2.45) is 0 Å². The van der Waals surface area contributed by atoms with Crippen LogP contribution in [0, 0.1) is 0 Å². The van der Waals surface area contributed by atoms with Crippen molar-refractivity contribution in [3.05, 3.63) is 48.0 Å². The smallest absolute Gasteiger partial charge is 0.314 e. The van der Waals surface area contributed by atoms with Gasteiger partial charge in [-0.05, 0) is 57.9 Å². The fourth-order valence-electron chi connectivity index (χ4n) is 2.68. The van der Waals surface area contributed by atoms with Crippen molar-refractivity contribution in [2.45, 2.75) is 65.1 Å². The molecule has 0 radical (unpaired) electrons. The summed E-state index contributed by atoms with van der Waals surface area (Å²) in [6.07, 6.45) is -0.0511. The van der Waals surface area contributed by atoms with Gasteiger partial charge in [-0.15, -0.1) is 0 Å². The standard InChI is InChI=1S/C22H28O4/c1-21(2,3)25-19(23)14-18(20(24)26-22(4,5)6)17-12-11-15-9-7-8-10-16(15)13-17/h7-13,18H,14H2,1-6H3/t18-/m0/s1. The van der Waals surface area contributed by atoms with E-state index in [-0.39, 0.29) is 6.42 Å². The van der Waals surface area contributed by atoms with Crippen LogP contribution < -0.4 is 0 Å². The summed E-state index contributed by atoms with van der Waals surface area (Å²) in [5.41, 5.74) is -0.470. The van der Waals surface area contributed by atoms with E-state index in [1.165, 1.54) is 0 Å². The molecule has 0 saturated carbocycles. The molecule has 0 aliphatic carbocycles. The van der Waals surface area contributed by atoms with Gasteiger partial charge >= 0.3 is 11.9 Å². The first-order chi connectivity index (χ1) is 11.9. The summed E-state index contributed by atoms with van der Waals surface area (Å²) in [6, 6.07) is 13.7. The maximum atomic E-state index is 12.8. The average Bonchev–Trinajstić information content (AvgIpc) is 2.48. The quantitative estimate of drug-likeness (QED) is 0.724. The molecule has 0 aliphatic rings. The number of carbonyl (C=O) groups excluding carboxylic acids is 2. The molecule has 0 amide bonds. The number of fused-ring (bicyclic) bond motifs is 1. The molecule has 0 saturated heterocycles. The molecule has 0 spiro atoms. The Bertz CT molecular complexity index is 794. The van der Waals surface area contributed by atoms with E-state index in [0.717, 1.165) is 16.3 Å². The van der Waals surface area contributed by atoms with E-state index in [0.29, 0.717) is 0 Å². The van der Waals surface area contributed by atoms with E-state index in [1.807, 2.05) is 84.0 Å². The highest BCUT2D eigenvalue weighted by Gasteiger charge is 2.30. The molecule has 4 nitrogen and oxygen atoms in total. The first kappa shape index (κ1) is 20.0. The van der Waals surface area contributed by atoms with Crippen LogP contribution in [0.1, 0.15) is 59.4 Å². The zero-order valence-corrected chi connectivity index (χ0v) is 16.5. The van der Waals surface area contributed by atoms with Crippen LogP contribution in [0.15, 0.2) is 42.5 Å². The van der Waals surface area contributed by atoms with Gasteiger partial charge in [0.15, 0.2) is 0 Å². The molecule has 0 aromatic heterocycles. The van der Waals surface area contributed by atoms with Crippen LogP contribution in [0.25, 0.3) is 10.8 Å². The molecule has 0 N–H and O–H groups in total. The Morgan fingerprint density at radius 3 is 2.00 bits per heavy atom. The number of benzene rings is 2. The molecule has 2 rings (SSSR count). The van der Waals surface area contributed by atoms with Gasteiger partial charge in [0.1, 0.15) is 11.2 Å². The van der Waals surface area contributed by atoms with Gasteiger partial charge < -0.3 is 9.47 Å². The molecular formula is C22H28O4. The zero-order valence-electron chi connectivity index (χ0n) is 16.5. The van der Waals surface area contributed by atoms with Crippen LogP contribution in [-0.2, 0) is 19.1 Å². The molecule has 1 atom stereocenters. The maximum absolute atomic E-state index is 12.8. The summed E-state index contributed by atoms with van der Waals surface area (Å²) in [6.45, 7) is 10.9. The van der Waals surface area contributed by atoms with Gasteiger partial charge in [-0.2, -0.15) is 0 Å². The normalized spacial score (nSPS) is 13.3. The second-order valence-electron chi connectivity index (χ2n) is 8.48. The van der Waals surface area contributed by atoms with Crippen molar-refractivity contribution in [2.75, 3.05) is 0 Å². The molecule has 26 heavy (non-hydrogen) atoms. The Kier molecular flexibility index (Phi) is 5.74. The summed E-state index contributed by atoms with van der Waals surface area (Å²) < 4.78 is 11.0. The minimum atomic E-state index is -0.700. The van der Waals surface area contributed by atoms with E-state index >= 15 is 0 Å². The summed E-state index contributed by atoms with van der Waals surface area (Å²) in [5.74, 6) is -1.53. The van der Waals surface area contributed by atoms with Crippen LogP contribution in [0.2, 0.25) is 0 Å². The molecule has 0 aliphatic heterocycles. The maximum Gasteiger partial charge on any atom is 0.314 e. The van der Waals surface area contributed by atoms with Crippen LogP contribution in [0.5, 0.6) is 0 Å². The molecule has 0 fully saturated rings. The fourth-order valence-corrected chi connectivity index (χ4v) is 2.68. The lowest BCUT2D eigenvalue weighted by Crippen LogP contribution is -2.31. The van der Waals surface area contributed by atoms with Crippen molar-refractivity contribution in [1.29, 1.82) is 0 Å². The zero-order chi connectivity index (χ0) is 19.5. The van der Waals surface area contributed by atoms with Gasteiger partial charge in [0.25, 0.3) is 0 Å². The van der Waals surface area contributed by atoms with Gasteiger partial charge in [-0.25, -0.2) is 0 Å². The monoisotopic (exact) mass is 356 g/mol. The Morgan fingerprint density at radius 1 is 0.846 bits per heavy atom. The molecule has 0 heterocycles. The molecule has 2 aromatic rings. The van der Waals surface area contributed by atoms with Gasteiger partial charge in [0, 0.05) is 0 Å². The molecule has 4 heteroatoms. The van der Waals surface area contributed by atoms with Gasteiger partial charge in [0.2, 0.25) is 0 Å². The number of esters is 2. The molecule has 0 bridgehead atoms. The summed E-state index contributed by atoms with van der Waals surface area (Å²) in [5, 5.41) is 2.10. The van der Waals surface area contributed by atoms with E-state index in [2.05, 4.69) is 0 Å². The average molecular weight is 356 g/mol. The number of carbonyl (C=O) groups is 2. The van der Waals surface area contributed by atoms with Crippen LogP contribution in [0.4, 0.5) is 0 Å². The fraction of sp³-hybridized carbons (Fsp3) is 0.455.